The van der Waals surface area contributed by atoms with E-state index in [1.54, 1.807) is 0 Å². The molecule has 0 saturated heterocycles. The summed E-state index contributed by atoms with van der Waals surface area (Å²) in [5.74, 6) is 14.5. The van der Waals surface area contributed by atoms with E-state index in [1.807, 2.05) is 0 Å². The van der Waals surface area contributed by atoms with E-state index in [-0.39, 0.29) is 18.3 Å². The number of hydrogen-bond donors (Lipinski definition) is 0. The van der Waals surface area contributed by atoms with Crippen molar-refractivity contribution >= 4 is 23.5 Å². The maximum Gasteiger partial charge on any atom is 0.393 e. The molecule has 0 aromatic rings. The monoisotopic (exact) mass is 610 g/mol. The normalized spacial score (nSPS) is 30.6. The maximum atomic E-state index is 14.1. The molecule has 234 valence electrons. The average molecular weight is 611 g/mol. The first-order chi connectivity index (χ1) is 19.9. The van der Waals surface area contributed by atoms with Gasteiger partial charge in [0.05, 0.1) is 5.92 Å². The lowest BCUT2D eigenvalue weighted by Crippen LogP contribution is -2.35. The van der Waals surface area contributed by atoms with Crippen molar-refractivity contribution in [3.05, 3.63) is 0 Å². The van der Waals surface area contributed by atoms with Crippen molar-refractivity contribution in [2.75, 3.05) is 11.5 Å². The highest BCUT2D eigenvalue weighted by Crippen LogP contribution is 2.44. The van der Waals surface area contributed by atoms with Crippen molar-refractivity contribution in [1.29, 1.82) is 0 Å². The first-order valence-electron chi connectivity index (χ1n) is 17.2. The van der Waals surface area contributed by atoms with Crippen molar-refractivity contribution in [2.45, 2.75) is 159 Å². The standard InChI is InChI=1S/C36H57F3S2/c1-3-5-7-9-11-27-41-33-22-16-29(17-23-33)12-13-31-15-21-32(35(28-31)36(37,38)39)20-14-30-18-24-34(25-19-30)40-26-10-8-6-4-2/h29-35H,3-11,15-19,21-28H2,1-2H3. The summed E-state index contributed by atoms with van der Waals surface area (Å²) in [5, 5.41) is 1.48. The van der Waals surface area contributed by atoms with Gasteiger partial charge in [-0.15, -0.1) is 0 Å². The quantitative estimate of drug-likeness (QED) is 0.150. The van der Waals surface area contributed by atoms with E-state index in [0.717, 1.165) is 42.6 Å². The fourth-order valence-electron chi connectivity index (χ4n) is 6.78. The Hall–Kier alpha value is -0.390. The van der Waals surface area contributed by atoms with Gasteiger partial charge in [0, 0.05) is 34.2 Å². The lowest BCUT2D eigenvalue weighted by molar-refractivity contribution is -0.192. The Labute approximate surface area is 259 Å². The summed E-state index contributed by atoms with van der Waals surface area (Å²) in [6.45, 7) is 4.50. The summed E-state index contributed by atoms with van der Waals surface area (Å²) in [7, 11) is 0. The van der Waals surface area contributed by atoms with E-state index in [0.29, 0.717) is 12.3 Å². The third kappa shape index (κ3) is 13.8. The Morgan fingerprint density at radius 3 is 1.49 bits per heavy atom. The minimum atomic E-state index is -4.18. The molecule has 0 aromatic carbocycles. The zero-order chi connectivity index (χ0) is 29.3. The number of halogens is 3. The second kappa shape index (κ2) is 19.8. The SMILES string of the molecule is CCCCCCCSC1CCC(C#CC2CCC(C#CC3CCC(SCCCCCC)CC3)C(C(F)(F)F)C2)CC1. The molecule has 0 N–H and O–H groups in total. The van der Waals surface area contributed by atoms with Crippen molar-refractivity contribution in [2.24, 2.45) is 29.6 Å². The zero-order valence-electron chi connectivity index (χ0n) is 26.0. The maximum absolute atomic E-state index is 14.1. The number of rotatable bonds is 13. The second-order valence-corrected chi connectivity index (χ2v) is 15.8. The molecule has 3 fully saturated rings. The van der Waals surface area contributed by atoms with Crippen molar-refractivity contribution in [3.8, 4) is 23.7 Å². The molecular weight excluding hydrogens is 554 g/mol. The van der Waals surface area contributed by atoms with Crippen LogP contribution in [0.25, 0.3) is 0 Å². The molecule has 0 bridgehead atoms. The molecule has 3 aliphatic carbocycles. The fraction of sp³-hybridized carbons (Fsp3) is 0.889. The molecule has 0 radical (unpaired) electrons. The first kappa shape index (κ1) is 35.1. The van der Waals surface area contributed by atoms with Gasteiger partial charge in [0.15, 0.2) is 0 Å². The summed E-state index contributed by atoms with van der Waals surface area (Å²) in [6, 6.07) is 0. The van der Waals surface area contributed by atoms with E-state index in [2.05, 4.69) is 61.1 Å². The number of thioether (sulfide) groups is 2. The van der Waals surface area contributed by atoms with Crippen molar-refractivity contribution < 1.29 is 13.2 Å². The summed E-state index contributed by atoms with van der Waals surface area (Å²) < 4.78 is 42.2. The third-order valence-corrected chi connectivity index (χ3v) is 12.5. The van der Waals surface area contributed by atoms with Crippen LogP contribution >= 0.6 is 23.5 Å². The van der Waals surface area contributed by atoms with Crippen LogP contribution in [0.15, 0.2) is 0 Å². The highest BCUT2D eigenvalue weighted by Gasteiger charge is 2.47. The minimum Gasteiger partial charge on any atom is -0.171 e. The topological polar surface area (TPSA) is 0 Å². The van der Waals surface area contributed by atoms with E-state index >= 15 is 0 Å². The Morgan fingerprint density at radius 2 is 0.976 bits per heavy atom. The summed E-state index contributed by atoms with van der Waals surface area (Å²) in [5.41, 5.74) is 0. The molecule has 5 heteroatoms. The van der Waals surface area contributed by atoms with E-state index in [4.69, 9.17) is 0 Å². The van der Waals surface area contributed by atoms with Gasteiger partial charge in [-0.25, -0.2) is 0 Å². The van der Waals surface area contributed by atoms with E-state index in [9.17, 15) is 13.2 Å². The Morgan fingerprint density at radius 1 is 0.537 bits per heavy atom. The molecule has 0 nitrogen and oxygen atoms in total. The highest BCUT2D eigenvalue weighted by molar-refractivity contribution is 8.00. The van der Waals surface area contributed by atoms with E-state index in [1.165, 1.54) is 95.0 Å². The number of hydrogen-bond acceptors (Lipinski definition) is 2. The minimum absolute atomic E-state index is 0.125. The summed E-state index contributed by atoms with van der Waals surface area (Å²) in [6.07, 6.45) is 18.3. The predicted molar refractivity (Wildman–Crippen MR) is 175 cm³/mol. The largest absolute Gasteiger partial charge is 0.393 e. The molecule has 3 aliphatic rings. The Balaban J connectivity index is 1.38. The van der Waals surface area contributed by atoms with Gasteiger partial charge in [-0.2, -0.15) is 36.7 Å². The zero-order valence-corrected chi connectivity index (χ0v) is 27.7. The molecule has 0 amide bonds. The highest BCUT2D eigenvalue weighted by atomic mass is 32.2. The molecular formula is C36H57F3S2. The van der Waals surface area contributed by atoms with Crippen LogP contribution in [0.2, 0.25) is 0 Å². The number of unbranched alkanes of at least 4 members (excludes halogenated alkanes) is 7. The Kier molecular flexibility index (Phi) is 16.9. The molecule has 3 unspecified atom stereocenters. The van der Waals surface area contributed by atoms with Crippen LogP contribution in [0.4, 0.5) is 13.2 Å². The van der Waals surface area contributed by atoms with Crippen LogP contribution in [-0.2, 0) is 0 Å². The lowest BCUT2D eigenvalue weighted by Gasteiger charge is -2.33. The fourth-order valence-corrected chi connectivity index (χ4v) is 9.40. The smallest absolute Gasteiger partial charge is 0.171 e. The van der Waals surface area contributed by atoms with Crippen molar-refractivity contribution in [1.82, 2.24) is 0 Å². The third-order valence-electron chi connectivity index (χ3n) is 9.54. The van der Waals surface area contributed by atoms with Gasteiger partial charge < -0.3 is 0 Å². The lowest BCUT2D eigenvalue weighted by atomic mass is 9.73. The molecule has 3 rings (SSSR count). The molecule has 3 atom stereocenters. The summed E-state index contributed by atoms with van der Waals surface area (Å²) >= 11 is 4.25. The molecule has 0 heterocycles. The molecule has 0 aliphatic heterocycles. The molecule has 41 heavy (non-hydrogen) atoms. The second-order valence-electron chi connectivity index (χ2n) is 13.0. The van der Waals surface area contributed by atoms with Crippen LogP contribution in [0.3, 0.4) is 0 Å². The van der Waals surface area contributed by atoms with Gasteiger partial charge in [-0.3, -0.25) is 0 Å². The average Bonchev–Trinajstić information content (AvgIpc) is 2.97. The van der Waals surface area contributed by atoms with Crippen LogP contribution in [-0.4, -0.2) is 28.2 Å². The van der Waals surface area contributed by atoms with Crippen LogP contribution < -0.4 is 0 Å². The van der Waals surface area contributed by atoms with Crippen molar-refractivity contribution in [3.63, 3.8) is 0 Å². The van der Waals surface area contributed by atoms with Gasteiger partial charge in [-0.05, 0) is 95.0 Å². The Bertz CT molecular complexity index is 816. The van der Waals surface area contributed by atoms with Gasteiger partial charge in [0.25, 0.3) is 0 Å². The molecule has 0 aromatic heterocycles. The summed E-state index contributed by atoms with van der Waals surface area (Å²) in [4.78, 5) is 0. The van der Waals surface area contributed by atoms with Gasteiger partial charge in [-0.1, -0.05) is 82.5 Å². The van der Waals surface area contributed by atoms with Crippen LogP contribution in [0.1, 0.15) is 142 Å². The first-order valence-corrected chi connectivity index (χ1v) is 19.3. The van der Waals surface area contributed by atoms with Gasteiger partial charge >= 0.3 is 6.18 Å². The van der Waals surface area contributed by atoms with Crippen LogP contribution in [0, 0.1) is 53.3 Å². The van der Waals surface area contributed by atoms with Gasteiger partial charge in [0.1, 0.15) is 0 Å². The van der Waals surface area contributed by atoms with E-state index < -0.39 is 18.0 Å². The van der Waals surface area contributed by atoms with Gasteiger partial charge in [0.2, 0.25) is 0 Å². The van der Waals surface area contributed by atoms with Crippen LogP contribution in [0.5, 0.6) is 0 Å². The predicted octanol–water partition coefficient (Wildman–Crippen LogP) is 11.7. The molecule has 3 saturated carbocycles. The molecule has 0 spiro atoms. The number of alkyl halides is 3.